The van der Waals surface area contributed by atoms with Crippen LogP contribution in [0.4, 0.5) is 9.18 Å². The number of pyridine rings is 1. The van der Waals surface area contributed by atoms with E-state index >= 15 is 0 Å². The van der Waals surface area contributed by atoms with Crippen LogP contribution < -0.4 is 4.74 Å². The fourth-order valence-corrected chi connectivity index (χ4v) is 2.17. The van der Waals surface area contributed by atoms with E-state index in [0.29, 0.717) is 5.75 Å². The van der Waals surface area contributed by atoms with Gasteiger partial charge in [0.1, 0.15) is 18.2 Å². The van der Waals surface area contributed by atoms with Gasteiger partial charge < -0.3 is 18.9 Å². The summed E-state index contributed by atoms with van der Waals surface area (Å²) >= 11 is 17.3. The summed E-state index contributed by atoms with van der Waals surface area (Å²) in [5.74, 6) is -1.36. The third-order valence-electron chi connectivity index (χ3n) is 3.96. The monoisotopic (exact) mass is 505 g/mol. The van der Waals surface area contributed by atoms with Gasteiger partial charge >= 0.3 is 12.1 Å². The van der Waals surface area contributed by atoms with E-state index in [4.69, 9.17) is 49.0 Å². The molecule has 0 N–H and O–H groups in total. The van der Waals surface area contributed by atoms with Crippen molar-refractivity contribution in [3.63, 3.8) is 0 Å². The molecular weight excluding hydrogens is 488 g/mol. The summed E-state index contributed by atoms with van der Waals surface area (Å²) in [6.45, 7) is 2.92. The van der Waals surface area contributed by atoms with Crippen LogP contribution in [0.3, 0.4) is 0 Å². The standard InChI is InChI=1S/C21H19Cl3FNO6/c1-20(2,21(22,23)24)32-19(28)31-17(18(27)29-3)10-15-8-9-16(11-26-15)30-12-13-4-6-14(25)7-5-13/h4-11H,12H2,1-3H3/b17-10-. The second kappa shape index (κ2) is 10.8. The summed E-state index contributed by atoms with van der Waals surface area (Å²) in [5.41, 5.74) is -0.515. The number of rotatable bonds is 7. The van der Waals surface area contributed by atoms with Crippen molar-refractivity contribution < 1.29 is 32.9 Å². The number of hydrogen-bond donors (Lipinski definition) is 0. The summed E-state index contributed by atoms with van der Waals surface area (Å²) in [6.07, 6.45) is 1.28. The molecule has 1 heterocycles. The Kier molecular flexibility index (Phi) is 8.72. The van der Waals surface area contributed by atoms with Gasteiger partial charge in [0.05, 0.1) is 19.0 Å². The lowest BCUT2D eigenvalue weighted by Crippen LogP contribution is -2.41. The molecule has 0 saturated carbocycles. The van der Waals surface area contributed by atoms with E-state index in [9.17, 15) is 14.0 Å². The van der Waals surface area contributed by atoms with E-state index < -0.39 is 27.3 Å². The Morgan fingerprint density at radius 2 is 1.75 bits per heavy atom. The number of ether oxygens (including phenoxy) is 4. The number of hydrogen-bond acceptors (Lipinski definition) is 7. The van der Waals surface area contributed by atoms with Crippen LogP contribution in [0.5, 0.6) is 5.75 Å². The van der Waals surface area contributed by atoms with Crippen LogP contribution in [0.2, 0.25) is 0 Å². The van der Waals surface area contributed by atoms with Crippen molar-refractivity contribution in [3.8, 4) is 5.75 Å². The summed E-state index contributed by atoms with van der Waals surface area (Å²) in [7, 11) is 1.11. The Morgan fingerprint density at radius 3 is 2.28 bits per heavy atom. The van der Waals surface area contributed by atoms with Gasteiger partial charge in [-0.05, 0) is 43.7 Å². The van der Waals surface area contributed by atoms with E-state index in [2.05, 4.69) is 9.72 Å². The average Bonchev–Trinajstić information content (AvgIpc) is 2.72. The molecule has 1 aromatic carbocycles. The summed E-state index contributed by atoms with van der Waals surface area (Å²) in [5, 5.41) is 0. The Balaban J connectivity index is 2.08. The Bertz CT molecular complexity index is 973. The first kappa shape index (κ1) is 25.7. The van der Waals surface area contributed by atoms with Gasteiger partial charge in [-0.1, -0.05) is 46.9 Å². The minimum Gasteiger partial charge on any atom is -0.487 e. The van der Waals surface area contributed by atoms with Crippen molar-refractivity contribution in [3.05, 3.63) is 65.4 Å². The molecule has 1 aromatic heterocycles. The van der Waals surface area contributed by atoms with Gasteiger partial charge in [-0.15, -0.1) is 0 Å². The second-order valence-corrected chi connectivity index (χ2v) is 9.08. The Hall–Kier alpha value is -2.55. The summed E-state index contributed by atoms with van der Waals surface area (Å²) < 4.78 is 31.1. The van der Waals surface area contributed by atoms with Crippen LogP contribution >= 0.6 is 34.8 Å². The lowest BCUT2D eigenvalue weighted by molar-refractivity contribution is -0.139. The molecule has 0 aliphatic heterocycles. The SMILES string of the molecule is COC(=O)/C(=C/c1ccc(OCc2ccc(F)cc2)cn1)OC(=O)OC(C)(C)C(Cl)(Cl)Cl. The highest BCUT2D eigenvalue weighted by molar-refractivity contribution is 6.68. The molecule has 0 radical (unpaired) electrons. The molecule has 0 fully saturated rings. The van der Waals surface area contributed by atoms with E-state index in [1.807, 2.05) is 0 Å². The molecule has 0 saturated heterocycles. The predicted molar refractivity (Wildman–Crippen MR) is 117 cm³/mol. The lowest BCUT2D eigenvalue weighted by Gasteiger charge is -2.31. The Labute approximate surface area is 199 Å². The lowest BCUT2D eigenvalue weighted by atomic mass is 10.2. The third-order valence-corrected chi connectivity index (χ3v) is 5.32. The topological polar surface area (TPSA) is 84.0 Å². The molecule has 11 heteroatoms. The van der Waals surface area contributed by atoms with Crippen molar-refractivity contribution >= 4 is 53.0 Å². The first-order valence-corrected chi connectivity index (χ1v) is 10.2. The smallest absolute Gasteiger partial charge is 0.487 e. The van der Waals surface area contributed by atoms with Gasteiger partial charge in [-0.3, -0.25) is 4.98 Å². The maximum atomic E-state index is 12.9. The fraction of sp³-hybridized carbons (Fsp3) is 0.286. The molecule has 0 amide bonds. The maximum Gasteiger partial charge on any atom is 0.514 e. The number of esters is 1. The van der Waals surface area contributed by atoms with Crippen LogP contribution in [0.1, 0.15) is 25.1 Å². The van der Waals surface area contributed by atoms with Crippen LogP contribution in [0, 0.1) is 5.82 Å². The van der Waals surface area contributed by atoms with Gasteiger partial charge in [0.25, 0.3) is 0 Å². The number of halogens is 4. The second-order valence-electron chi connectivity index (χ2n) is 6.80. The largest absolute Gasteiger partial charge is 0.514 e. The molecule has 0 atom stereocenters. The quantitative estimate of drug-likeness (QED) is 0.209. The third kappa shape index (κ3) is 7.55. The van der Waals surface area contributed by atoms with Crippen LogP contribution in [-0.2, 0) is 25.6 Å². The summed E-state index contributed by atoms with van der Waals surface area (Å²) in [4.78, 5) is 28.2. The molecule has 0 bridgehead atoms. The number of carbonyl (C=O) groups excluding carboxylic acids is 2. The highest BCUT2D eigenvalue weighted by Gasteiger charge is 2.45. The van der Waals surface area contributed by atoms with Crippen molar-refractivity contribution in [1.82, 2.24) is 4.98 Å². The summed E-state index contributed by atoms with van der Waals surface area (Å²) in [6, 6.07) is 8.97. The van der Waals surface area contributed by atoms with E-state index in [1.54, 1.807) is 18.2 Å². The molecule has 172 valence electrons. The number of carbonyl (C=O) groups is 2. The zero-order chi connectivity index (χ0) is 23.9. The molecule has 0 aliphatic rings. The van der Waals surface area contributed by atoms with Gasteiger partial charge in [0.15, 0.2) is 5.60 Å². The normalized spacial score (nSPS) is 12.2. The Morgan fingerprint density at radius 1 is 1.09 bits per heavy atom. The van der Waals surface area contributed by atoms with Crippen molar-refractivity contribution in [2.45, 2.75) is 29.8 Å². The van der Waals surface area contributed by atoms with Gasteiger partial charge in [-0.2, -0.15) is 0 Å². The molecule has 2 rings (SSSR count). The van der Waals surface area contributed by atoms with Gasteiger partial charge in [0, 0.05) is 6.08 Å². The van der Waals surface area contributed by atoms with Gasteiger partial charge in [-0.25, -0.2) is 14.0 Å². The number of methoxy groups -OCH3 is 1. The van der Waals surface area contributed by atoms with Crippen molar-refractivity contribution in [2.75, 3.05) is 7.11 Å². The predicted octanol–water partition coefficient (Wildman–Crippen LogP) is 5.62. The van der Waals surface area contributed by atoms with Crippen LogP contribution in [-0.4, -0.2) is 33.6 Å². The van der Waals surface area contributed by atoms with E-state index in [-0.39, 0.29) is 18.1 Å². The van der Waals surface area contributed by atoms with E-state index in [0.717, 1.165) is 12.7 Å². The van der Waals surface area contributed by atoms with Crippen LogP contribution in [0.25, 0.3) is 6.08 Å². The van der Waals surface area contributed by atoms with Gasteiger partial charge in [0.2, 0.25) is 9.55 Å². The number of aromatic nitrogens is 1. The zero-order valence-corrected chi connectivity index (χ0v) is 19.5. The molecule has 32 heavy (non-hydrogen) atoms. The number of alkyl halides is 3. The van der Waals surface area contributed by atoms with Crippen LogP contribution in [0.15, 0.2) is 48.4 Å². The molecule has 0 aliphatic carbocycles. The molecular formula is C21H19Cl3FNO6. The number of nitrogens with zero attached hydrogens (tertiary/aromatic N) is 1. The molecule has 2 aromatic rings. The maximum absolute atomic E-state index is 12.9. The minimum atomic E-state index is -1.94. The first-order valence-electron chi connectivity index (χ1n) is 9.02. The highest BCUT2D eigenvalue weighted by Crippen LogP contribution is 2.40. The zero-order valence-electron chi connectivity index (χ0n) is 17.2. The average molecular weight is 507 g/mol. The molecule has 7 nitrogen and oxygen atoms in total. The number of benzene rings is 1. The molecule has 0 unspecified atom stereocenters. The fourth-order valence-electron chi connectivity index (χ4n) is 2.05. The van der Waals surface area contributed by atoms with Crippen molar-refractivity contribution in [1.29, 1.82) is 0 Å². The minimum absolute atomic E-state index is 0.207. The highest BCUT2D eigenvalue weighted by atomic mass is 35.6. The van der Waals surface area contributed by atoms with Crippen molar-refractivity contribution in [2.24, 2.45) is 0 Å². The molecule has 0 spiro atoms. The first-order chi connectivity index (χ1) is 14.9. The van der Waals surface area contributed by atoms with E-state index in [1.165, 1.54) is 44.3 Å².